The van der Waals surface area contributed by atoms with Gasteiger partial charge in [0.25, 0.3) is 5.91 Å². The summed E-state index contributed by atoms with van der Waals surface area (Å²) in [6, 6.07) is 8.58. The summed E-state index contributed by atoms with van der Waals surface area (Å²) < 4.78 is 10.7. The third-order valence-corrected chi connectivity index (χ3v) is 7.24. The molecule has 5 rings (SSSR count). The second-order valence-corrected chi connectivity index (χ2v) is 8.92. The number of piperidine rings is 1. The topological polar surface area (TPSA) is 80.5 Å². The fraction of sp³-hybridized carbons (Fsp3) is 0.591. The number of amides is 1. The third-order valence-electron chi connectivity index (χ3n) is 7.24. The summed E-state index contributed by atoms with van der Waals surface area (Å²) in [5.41, 5.74) is 2.13. The number of hydrogen-bond acceptors (Lipinski definition) is 6. The molecule has 7 heteroatoms. The molecule has 1 aliphatic carbocycles. The van der Waals surface area contributed by atoms with E-state index in [0.29, 0.717) is 28.7 Å². The van der Waals surface area contributed by atoms with Gasteiger partial charge in [-0.25, -0.2) is 4.63 Å². The lowest BCUT2D eigenvalue weighted by Crippen LogP contribution is -2.51. The van der Waals surface area contributed by atoms with Crippen molar-refractivity contribution in [1.29, 1.82) is 0 Å². The maximum absolute atomic E-state index is 13.8. The van der Waals surface area contributed by atoms with Crippen LogP contribution in [0, 0.1) is 12.3 Å². The minimum absolute atomic E-state index is 0.0821. The molecule has 2 aliphatic heterocycles. The SMILES string of the molecule is Cc1nonc1COc1ccccc1C(=O)N1[C@@H]2CN[C@@H]3CCCC[C@H]1[C@]3(C)C2. The Morgan fingerprint density at radius 2 is 2.14 bits per heavy atom. The zero-order valence-corrected chi connectivity index (χ0v) is 17.1. The lowest BCUT2D eigenvalue weighted by atomic mass is 9.72. The van der Waals surface area contributed by atoms with E-state index in [1.807, 2.05) is 31.2 Å². The van der Waals surface area contributed by atoms with E-state index in [-0.39, 0.29) is 30.0 Å². The molecule has 0 radical (unpaired) electrons. The minimum Gasteiger partial charge on any atom is -0.486 e. The number of likely N-dealkylation sites (tertiary alicyclic amines) is 1. The summed E-state index contributed by atoms with van der Waals surface area (Å²) in [5.74, 6) is 0.670. The van der Waals surface area contributed by atoms with Crippen LogP contribution in [0.3, 0.4) is 0 Å². The predicted octanol–water partition coefficient (Wildman–Crippen LogP) is 3.09. The smallest absolute Gasteiger partial charge is 0.258 e. The van der Waals surface area contributed by atoms with Crippen LogP contribution in [0.5, 0.6) is 5.75 Å². The van der Waals surface area contributed by atoms with Gasteiger partial charge >= 0.3 is 0 Å². The molecule has 4 atom stereocenters. The Balaban J connectivity index is 1.43. The Morgan fingerprint density at radius 1 is 1.31 bits per heavy atom. The summed E-state index contributed by atoms with van der Waals surface area (Å²) in [6.07, 6.45) is 5.82. The van der Waals surface area contributed by atoms with Crippen molar-refractivity contribution < 1.29 is 14.2 Å². The normalized spacial score (nSPS) is 30.8. The number of carbonyl (C=O) groups is 1. The maximum atomic E-state index is 13.8. The lowest BCUT2D eigenvalue weighted by Gasteiger charge is -2.39. The van der Waals surface area contributed by atoms with Gasteiger partial charge in [-0.2, -0.15) is 0 Å². The molecular formula is C22H28N4O3. The first-order valence-corrected chi connectivity index (χ1v) is 10.6. The Hall–Kier alpha value is -2.41. The van der Waals surface area contributed by atoms with Crippen LogP contribution >= 0.6 is 0 Å². The van der Waals surface area contributed by atoms with Crippen LogP contribution in [-0.4, -0.2) is 45.8 Å². The third kappa shape index (κ3) is 3.03. The average Bonchev–Trinajstić information content (AvgIpc) is 3.18. The van der Waals surface area contributed by atoms with E-state index in [0.717, 1.165) is 19.4 Å². The fourth-order valence-corrected chi connectivity index (χ4v) is 5.70. The average molecular weight is 396 g/mol. The van der Waals surface area contributed by atoms with Gasteiger partial charge in [0.1, 0.15) is 23.7 Å². The van der Waals surface area contributed by atoms with Gasteiger partial charge in [0.15, 0.2) is 0 Å². The van der Waals surface area contributed by atoms with Crippen molar-refractivity contribution in [3.63, 3.8) is 0 Å². The van der Waals surface area contributed by atoms with Crippen LogP contribution in [0.15, 0.2) is 28.9 Å². The minimum atomic E-state index is 0.0821. The first kappa shape index (κ1) is 18.6. The van der Waals surface area contributed by atoms with Crippen LogP contribution < -0.4 is 10.1 Å². The van der Waals surface area contributed by atoms with Crippen LogP contribution in [-0.2, 0) is 6.61 Å². The summed E-state index contributed by atoms with van der Waals surface area (Å²) >= 11 is 0. The van der Waals surface area contributed by atoms with E-state index >= 15 is 0 Å². The van der Waals surface area contributed by atoms with Gasteiger partial charge in [0, 0.05) is 30.1 Å². The van der Waals surface area contributed by atoms with Gasteiger partial charge in [0.05, 0.1) is 5.56 Å². The number of ether oxygens (including phenoxy) is 1. The molecule has 3 aliphatic rings. The van der Waals surface area contributed by atoms with Crippen molar-refractivity contribution in [1.82, 2.24) is 20.5 Å². The summed E-state index contributed by atoms with van der Waals surface area (Å²) in [5, 5.41) is 11.4. The van der Waals surface area contributed by atoms with E-state index < -0.39 is 0 Å². The molecule has 2 aromatic rings. The van der Waals surface area contributed by atoms with Crippen molar-refractivity contribution in [3.8, 4) is 5.75 Å². The Bertz CT molecular complexity index is 913. The van der Waals surface area contributed by atoms with Gasteiger partial charge in [-0.3, -0.25) is 4.79 Å². The van der Waals surface area contributed by atoms with Crippen molar-refractivity contribution in [2.45, 2.75) is 70.7 Å². The van der Waals surface area contributed by atoms with Gasteiger partial charge < -0.3 is 15.0 Å². The molecule has 1 N–H and O–H groups in total. The van der Waals surface area contributed by atoms with Crippen LogP contribution in [0.25, 0.3) is 0 Å². The highest BCUT2D eigenvalue weighted by Gasteiger charge is 2.57. The standard InChI is InChI=1S/C22H28N4O3/c1-14-17(25-29-24-14)13-28-18-8-4-3-7-16(18)21(27)26-15-11-22(2)19(23-12-15)9-5-6-10-20(22)26/h3-4,7-8,15,19-20,23H,5-6,9-13H2,1-2H3/t15-,19+,20-,22+/m0/s1. The molecule has 3 heterocycles. The molecular weight excluding hydrogens is 368 g/mol. The highest BCUT2D eigenvalue weighted by molar-refractivity contribution is 5.97. The molecule has 1 saturated carbocycles. The molecule has 0 unspecified atom stereocenters. The molecule has 0 spiro atoms. The van der Waals surface area contributed by atoms with Crippen molar-refractivity contribution in [2.24, 2.45) is 5.41 Å². The highest BCUT2D eigenvalue weighted by Crippen LogP contribution is 2.51. The molecule has 1 amide bonds. The van der Waals surface area contributed by atoms with Gasteiger partial charge in [-0.05, 0) is 38.3 Å². The number of hydrogen-bond donors (Lipinski definition) is 1. The molecule has 2 bridgehead atoms. The predicted molar refractivity (Wildman–Crippen MR) is 107 cm³/mol. The Morgan fingerprint density at radius 3 is 2.97 bits per heavy atom. The molecule has 7 nitrogen and oxygen atoms in total. The number of para-hydroxylation sites is 1. The number of nitrogens with one attached hydrogen (secondary N) is 1. The zero-order chi connectivity index (χ0) is 20.0. The number of fused-ring (bicyclic) bond motifs is 1. The molecule has 1 aromatic heterocycles. The summed E-state index contributed by atoms with van der Waals surface area (Å²) in [7, 11) is 0. The number of benzene rings is 1. The molecule has 3 fully saturated rings. The molecule has 1 aromatic carbocycles. The second kappa shape index (κ2) is 7.13. The van der Waals surface area contributed by atoms with E-state index in [2.05, 4.69) is 27.5 Å². The van der Waals surface area contributed by atoms with Crippen LogP contribution in [0.1, 0.15) is 60.8 Å². The first-order chi connectivity index (χ1) is 14.1. The zero-order valence-electron chi connectivity index (χ0n) is 17.1. The molecule has 29 heavy (non-hydrogen) atoms. The van der Waals surface area contributed by atoms with Gasteiger partial charge in [-0.1, -0.05) is 42.2 Å². The Kier molecular flexibility index (Phi) is 4.57. The van der Waals surface area contributed by atoms with Crippen LogP contribution in [0.4, 0.5) is 0 Å². The number of carbonyl (C=O) groups excluding carboxylic acids is 1. The quantitative estimate of drug-likeness (QED) is 0.855. The fourth-order valence-electron chi connectivity index (χ4n) is 5.70. The summed E-state index contributed by atoms with van der Waals surface area (Å²) in [4.78, 5) is 15.9. The van der Waals surface area contributed by atoms with Gasteiger partial charge in [-0.15, -0.1) is 0 Å². The second-order valence-electron chi connectivity index (χ2n) is 8.92. The van der Waals surface area contributed by atoms with Crippen molar-refractivity contribution in [3.05, 3.63) is 41.2 Å². The number of rotatable bonds is 4. The van der Waals surface area contributed by atoms with Gasteiger partial charge in [0.2, 0.25) is 0 Å². The number of aryl methyl sites for hydroxylation is 1. The number of aromatic nitrogens is 2. The summed E-state index contributed by atoms with van der Waals surface area (Å²) in [6.45, 7) is 5.32. The van der Waals surface area contributed by atoms with E-state index in [4.69, 9.17) is 9.37 Å². The highest BCUT2D eigenvalue weighted by atomic mass is 16.6. The lowest BCUT2D eigenvalue weighted by molar-refractivity contribution is 0.0624. The maximum Gasteiger partial charge on any atom is 0.258 e. The van der Waals surface area contributed by atoms with Crippen molar-refractivity contribution >= 4 is 5.91 Å². The number of nitrogens with zero attached hydrogens (tertiary/aromatic N) is 3. The van der Waals surface area contributed by atoms with E-state index in [1.54, 1.807) is 0 Å². The Labute approximate surface area is 170 Å². The van der Waals surface area contributed by atoms with Crippen LogP contribution in [0.2, 0.25) is 0 Å². The monoisotopic (exact) mass is 396 g/mol. The molecule has 2 saturated heterocycles. The largest absolute Gasteiger partial charge is 0.486 e. The van der Waals surface area contributed by atoms with Crippen molar-refractivity contribution in [2.75, 3.05) is 6.54 Å². The molecule has 154 valence electrons. The van der Waals surface area contributed by atoms with E-state index in [9.17, 15) is 4.79 Å². The first-order valence-electron chi connectivity index (χ1n) is 10.6. The van der Waals surface area contributed by atoms with E-state index in [1.165, 1.54) is 19.3 Å².